The molecule has 2 atom stereocenters. The molecule has 0 bridgehead atoms. The fourth-order valence-corrected chi connectivity index (χ4v) is 6.02. The number of hydrazone groups is 2. The zero-order valence-electron chi connectivity index (χ0n) is 19.5. The number of carbonyl (C=O) groups excluding carboxylic acids is 2. The smallest absolute Gasteiger partial charge is 0.269 e. The fraction of sp³-hybridized carbons (Fsp3) is 0.185. The average molecular weight is 479 g/mol. The molecule has 2 spiro atoms. The molecule has 3 aromatic rings. The maximum absolute atomic E-state index is 14.2. The SMILES string of the molecule is CC1=NN(c2ccccc2)C(=O)[C@]12C(c1ccc([N+](=O)[O-])cc1)[C@]21C(=O)N(c2ccccc2)N=C1C. The van der Waals surface area contributed by atoms with Gasteiger partial charge in [0.05, 0.1) is 27.7 Å². The summed E-state index contributed by atoms with van der Waals surface area (Å²) in [5.74, 6) is -1.24. The molecule has 0 radical (unpaired) electrons. The molecule has 36 heavy (non-hydrogen) atoms. The Kier molecular flexibility index (Phi) is 4.50. The van der Waals surface area contributed by atoms with Crippen LogP contribution in [-0.4, -0.2) is 28.2 Å². The molecule has 3 aliphatic rings. The Balaban J connectivity index is 1.52. The third-order valence-electron chi connectivity index (χ3n) is 7.54. The van der Waals surface area contributed by atoms with Crippen molar-refractivity contribution in [3.8, 4) is 0 Å². The van der Waals surface area contributed by atoms with Crippen LogP contribution < -0.4 is 10.0 Å². The molecule has 1 aliphatic carbocycles. The van der Waals surface area contributed by atoms with Gasteiger partial charge in [0.2, 0.25) is 0 Å². The summed E-state index contributed by atoms with van der Waals surface area (Å²) in [5.41, 5.74) is 0.239. The number of rotatable bonds is 4. The van der Waals surface area contributed by atoms with Gasteiger partial charge in [0.15, 0.2) is 0 Å². The third kappa shape index (κ3) is 2.54. The number of nitro benzene ring substituents is 1. The van der Waals surface area contributed by atoms with Crippen LogP contribution in [0.3, 0.4) is 0 Å². The van der Waals surface area contributed by atoms with E-state index in [1.807, 2.05) is 36.4 Å². The van der Waals surface area contributed by atoms with Gasteiger partial charge < -0.3 is 0 Å². The molecule has 0 aromatic heterocycles. The van der Waals surface area contributed by atoms with Crippen LogP contribution in [0.2, 0.25) is 0 Å². The molecule has 2 aliphatic heterocycles. The third-order valence-corrected chi connectivity index (χ3v) is 7.54. The first-order valence-electron chi connectivity index (χ1n) is 11.5. The van der Waals surface area contributed by atoms with Crippen LogP contribution in [0.1, 0.15) is 25.3 Å². The van der Waals surface area contributed by atoms with E-state index in [0.29, 0.717) is 28.4 Å². The highest BCUT2D eigenvalue weighted by atomic mass is 16.6. The van der Waals surface area contributed by atoms with E-state index < -0.39 is 21.7 Å². The van der Waals surface area contributed by atoms with E-state index in [9.17, 15) is 19.7 Å². The summed E-state index contributed by atoms with van der Waals surface area (Å²) in [4.78, 5) is 39.2. The summed E-state index contributed by atoms with van der Waals surface area (Å²) in [6, 6.07) is 24.2. The minimum Gasteiger partial charge on any atom is -0.271 e. The number of anilines is 2. The lowest BCUT2D eigenvalue weighted by Gasteiger charge is -2.18. The highest BCUT2D eigenvalue weighted by Gasteiger charge is 2.91. The number of para-hydroxylation sites is 2. The summed E-state index contributed by atoms with van der Waals surface area (Å²) in [6.07, 6.45) is 0. The lowest BCUT2D eigenvalue weighted by atomic mass is 9.85. The predicted molar refractivity (Wildman–Crippen MR) is 135 cm³/mol. The van der Waals surface area contributed by atoms with Crippen molar-refractivity contribution >= 4 is 40.3 Å². The maximum atomic E-state index is 14.2. The molecular formula is C27H21N5O4. The summed E-state index contributed by atoms with van der Waals surface area (Å²) in [7, 11) is 0. The number of benzene rings is 3. The van der Waals surface area contributed by atoms with E-state index in [1.54, 1.807) is 50.2 Å². The largest absolute Gasteiger partial charge is 0.271 e. The number of carbonyl (C=O) groups is 2. The quantitative estimate of drug-likeness (QED) is 0.405. The normalized spacial score (nSPS) is 26.6. The Hall–Kier alpha value is -4.66. The Labute approximate surface area is 206 Å². The van der Waals surface area contributed by atoms with Gasteiger partial charge in [0.1, 0.15) is 10.8 Å². The van der Waals surface area contributed by atoms with E-state index >= 15 is 0 Å². The van der Waals surface area contributed by atoms with Gasteiger partial charge in [-0.05, 0) is 43.7 Å². The molecule has 9 nitrogen and oxygen atoms in total. The van der Waals surface area contributed by atoms with Gasteiger partial charge >= 0.3 is 0 Å². The number of fused-ring (bicyclic) bond motifs is 1. The monoisotopic (exact) mass is 479 g/mol. The molecule has 0 N–H and O–H groups in total. The molecule has 0 unspecified atom stereocenters. The average Bonchev–Trinajstić information content (AvgIpc) is 3.38. The molecule has 178 valence electrons. The summed E-state index contributed by atoms with van der Waals surface area (Å²) < 4.78 is 0. The molecule has 2 heterocycles. The second kappa shape index (κ2) is 7.42. The van der Waals surface area contributed by atoms with Crippen LogP contribution in [-0.2, 0) is 9.59 Å². The van der Waals surface area contributed by atoms with Crippen molar-refractivity contribution in [1.29, 1.82) is 0 Å². The van der Waals surface area contributed by atoms with Crippen LogP contribution in [0, 0.1) is 20.9 Å². The van der Waals surface area contributed by atoms with Gasteiger partial charge in [-0.3, -0.25) is 19.7 Å². The Morgan fingerprint density at radius 1 is 0.722 bits per heavy atom. The van der Waals surface area contributed by atoms with Crippen molar-refractivity contribution in [2.45, 2.75) is 19.8 Å². The van der Waals surface area contributed by atoms with Gasteiger partial charge in [-0.15, -0.1) is 0 Å². The molecule has 9 heteroatoms. The van der Waals surface area contributed by atoms with Crippen molar-refractivity contribution < 1.29 is 14.5 Å². The number of nitrogens with zero attached hydrogens (tertiary/aromatic N) is 5. The Morgan fingerprint density at radius 2 is 1.14 bits per heavy atom. The number of hydrogen-bond acceptors (Lipinski definition) is 6. The van der Waals surface area contributed by atoms with Crippen LogP contribution in [0.15, 0.2) is 95.1 Å². The van der Waals surface area contributed by atoms with E-state index in [1.165, 1.54) is 22.2 Å². The van der Waals surface area contributed by atoms with Gasteiger partial charge in [-0.1, -0.05) is 48.5 Å². The van der Waals surface area contributed by atoms with Crippen molar-refractivity contribution in [3.05, 3.63) is 101 Å². The first-order valence-corrected chi connectivity index (χ1v) is 11.5. The highest BCUT2D eigenvalue weighted by molar-refractivity contribution is 6.37. The number of amides is 2. The lowest BCUT2D eigenvalue weighted by Crippen LogP contribution is -2.40. The summed E-state index contributed by atoms with van der Waals surface area (Å²) in [6.45, 7) is 3.53. The van der Waals surface area contributed by atoms with E-state index in [-0.39, 0.29) is 17.5 Å². The van der Waals surface area contributed by atoms with Crippen LogP contribution in [0.25, 0.3) is 0 Å². The lowest BCUT2D eigenvalue weighted by molar-refractivity contribution is -0.384. The van der Waals surface area contributed by atoms with E-state index in [0.717, 1.165) is 0 Å². The highest BCUT2D eigenvalue weighted by Crippen LogP contribution is 2.79. The number of nitro groups is 1. The minimum atomic E-state index is -1.28. The number of non-ortho nitro benzene ring substituents is 1. The number of hydrogen-bond donors (Lipinski definition) is 0. The molecule has 2 amide bonds. The summed E-state index contributed by atoms with van der Waals surface area (Å²) in [5, 5.41) is 23.2. The van der Waals surface area contributed by atoms with Gasteiger partial charge in [0.25, 0.3) is 17.5 Å². The van der Waals surface area contributed by atoms with E-state index in [2.05, 4.69) is 10.2 Å². The van der Waals surface area contributed by atoms with Gasteiger partial charge in [0, 0.05) is 18.1 Å². The topological polar surface area (TPSA) is 108 Å². The van der Waals surface area contributed by atoms with Gasteiger partial charge in [-0.2, -0.15) is 20.2 Å². The minimum absolute atomic E-state index is 0.0643. The predicted octanol–water partition coefficient (Wildman–Crippen LogP) is 4.51. The first kappa shape index (κ1) is 21.8. The molecule has 3 aromatic carbocycles. The molecule has 1 fully saturated rings. The molecular weight excluding hydrogens is 458 g/mol. The van der Waals surface area contributed by atoms with Crippen LogP contribution >= 0.6 is 0 Å². The van der Waals surface area contributed by atoms with Crippen molar-refractivity contribution in [2.75, 3.05) is 10.0 Å². The van der Waals surface area contributed by atoms with Crippen molar-refractivity contribution in [3.63, 3.8) is 0 Å². The van der Waals surface area contributed by atoms with E-state index in [4.69, 9.17) is 0 Å². The molecule has 6 rings (SSSR count). The zero-order valence-corrected chi connectivity index (χ0v) is 19.5. The maximum Gasteiger partial charge on any atom is 0.269 e. The zero-order chi connectivity index (χ0) is 25.2. The van der Waals surface area contributed by atoms with Crippen LogP contribution in [0.5, 0.6) is 0 Å². The van der Waals surface area contributed by atoms with Crippen molar-refractivity contribution in [1.82, 2.24) is 0 Å². The first-order chi connectivity index (χ1) is 17.3. The molecule has 1 saturated carbocycles. The Morgan fingerprint density at radius 3 is 1.53 bits per heavy atom. The molecule has 0 saturated heterocycles. The summed E-state index contributed by atoms with van der Waals surface area (Å²) >= 11 is 0. The fourth-order valence-electron chi connectivity index (χ4n) is 6.02. The second-order valence-corrected chi connectivity index (χ2v) is 9.17. The standard InChI is InChI=1S/C27H21N5O4/c1-17-26(24(33)30(28-17)20-9-5-3-6-10-20)23(19-13-15-22(16-14-19)32(35)36)27(26)18(2)29-31(25(27)34)21-11-7-4-8-12-21/h3-16,23H,1-2H3/t26-,27-/m1/s1. The van der Waals surface area contributed by atoms with Gasteiger partial charge in [-0.25, -0.2) is 0 Å². The second-order valence-electron chi connectivity index (χ2n) is 9.17. The van der Waals surface area contributed by atoms with Crippen LogP contribution in [0.4, 0.5) is 17.1 Å². The Bertz CT molecular complexity index is 1400. The van der Waals surface area contributed by atoms with Crippen molar-refractivity contribution in [2.24, 2.45) is 21.0 Å².